The maximum atomic E-state index is 10.4. The molecule has 0 rings (SSSR count). The summed E-state index contributed by atoms with van der Waals surface area (Å²) in [7, 11) is -7.19. The molecule has 1 atom stereocenters. The monoisotopic (exact) mass is 159 g/mol. The maximum Gasteiger partial charge on any atom is 0.0548 e. The number of rotatable bonds is 1. The van der Waals surface area contributed by atoms with Crippen LogP contribution in [0.1, 0.15) is 0 Å². The first-order valence-electron chi connectivity index (χ1n) is 1.67. The molecule has 52 valence electrons. The molecule has 0 aliphatic heterocycles. The van der Waals surface area contributed by atoms with Gasteiger partial charge in [-0.05, 0) is 0 Å². The van der Waals surface area contributed by atoms with Crippen molar-refractivity contribution in [3.63, 3.8) is 0 Å². The topological polar surface area (TPSA) is 77.4 Å². The van der Waals surface area contributed by atoms with Crippen molar-refractivity contribution >= 4 is 18.5 Å². The van der Waals surface area contributed by atoms with E-state index in [0.29, 0.717) is 0 Å². The number of hydrogen-bond acceptors (Lipinski definition) is 3. The van der Waals surface area contributed by atoms with Crippen molar-refractivity contribution < 1.29 is 17.5 Å². The van der Waals surface area contributed by atoms with Gasteiger partial charge in [0, 0.05) is 12.5 Å². The predicted molar refractivity (Wildman–Crippen MR) is 31.5 cm³/mol. The predicted octanol–water partition coefficient (Wildman–Crippen LogP) is -0.667. The van der Waals surface area contributed by atoms with E-state index in [4.69, 9.17) is 4.55 Å². The standard InChI is InChI=1S/C2H8O4S2/c1-8(2,5,6)7(3)4/h1-2H3,(H,3,4)(H,5,6)/p-1. The SMILES string of the molecule is CS(C)(=O)(O)S(=O)[O-]. The lowest BCUT2D eigenvalue weighted by Gasteiger charge is -2.35. The molecular weight excluding hydrogens is 152 g/mol. The zero-order chi connectivity index (χ0) is 7.02. The average Bonchev–Trinajstić information content (AvgIpc) is 1.27. The van der Waals surface area contributed by atoms with Crippen molar-refractivity contribution in [2.75, 3.05) is 12.5 Å². The molecule has 0 bridgehead atoms. The van der Waals surface area contributed by atoms with E-state index in [1.807, 2.05) is 0 Å². The molecule has 1 unspecified atom stereocenters. The van der Waals surface area contributed by atoms with E-state index in [2.05, 4.69) is 0 Å². The lowest BCUT2D eigenvalue weighted by atomic mass is 11.9. The second-order valence-electron chi connectivity index (χ2n) is 1.86. The van der Waals surface area contributed by atoms with Crippen LogP contribution in [0.5, 0.6) is 0 Å². The fourth-order valence-corrected chi connectivity index (χ4v) is 0. The Kier molecular flexibility index (Phi) is 1.64. The molecule has 0 aliphatic carbocycles. The van der Waals surface area contributed by atoms with Crippen LogP contribution in [0.2, 0.25) is 0 Å². The second-order valence-corrected chi connectivity index (χ2v) is 9.26. The van der Waals surface area contributed by atoms with Crippen LogP contribution in [0, 0.1) is 0 Å². The summed E-state index contributed by atoms with van der Waals surface area (Å²) in [4.78, 5) is 0. The van der Waals surface area contributed by atoms with Gasteiger partial charge in [-0.15, -0.1) is 8.38 Å². The minimum atomic E-state index is -4.30. The zero-order valence-corrected chi connectivity index (χ0v) is 6.12. The van der Waals surface area contributed by atoms with Gasteiger partial charge in [-0.25, -0.2) is 0 Å². The highest BCUT2D eigenvalue weighted by molar-refractivity contribution is 8.74. The lowest BCUT2D eigenvalue weighted by Crippen LogP contribution is -2.32. The minimum Gasteiger partial charge on any atom is -0.757 e. The van der Waals surface area contributed by atoms with E-state index in [-0.39, 0.29) is 0 Å². The third kappa shape index (κ3) is 2.51. The Morgan fingerprint density at radius 3 is 1.75 bits per heavy atom. The van der Waals surface area contributed by atoms with Gasteiger partial charge in [-0.1, -0.05) is 0 Å². The van der Waals surface area contributed by atoms with Crippen molar-refractivity contribution in [3.05, 3.63) is 0 Å². The van der Waals surface area contributed by atoms with Crippen molar-refractivity contribution in [1.82, 2.24) is 0 Å². The second kappa shape index (κ2) is 1.60. The molecule has 6 heteroatoms. The first-order chi connectivity index (χ1) is 3.20. The van der Waals surface area contributed by atoms with Gasteiger partial charge in [0.2, 0.25) is 0 Å². The highest BCUT2D eigenvalue weighted by Crippen LogP contribution is 2.13. The molecule has 0 saturated carbocycles. The summed E-state index contributed by atoms with van der Waals surface area (Å²) in [6, 6.07) is 0. The number of hydrogen-bond donors (Lipinski definition) is 1. The van der Waals surface area contributed by atoms with Crippen LogP contribution in [-0.2, 0) is 18.5 Å². The molecule has 0 saturated heterocycles. The molecular formula is C2H7O4S2-. The molecule has 4 nitrogen and oxygen atoms in total. The molecule has 0 amide bonds. The van der Waals surface area contributed by atoms with Crippen LogP contribution in [0.25, 0.3) is 0 Å². The Balaban J connectivity index is 4.68. The zero-order valence-electron chi connectivity index (χ0n) is 4.49. The third-order valence-corrected chi connectivity index (χ3v) is 3.50. The summed E-state index contributed by atoms with van der Waals surface area (Å²) in [6.45, 7) is 0. The van der Waals surface area contributed by atoms with Crippen LogP contribution in [-0.4, -0.2) is 30.0 Å². The van der Waals surface area contributed by atoms with Gasteiger partial charge in [0.25, 0.3) is 0 Å². The van der Waals surface area contributed by atoms with Crippen molar-refractivity contribution in [3.8, 4) is 0 Å². The molecule has 8 heavy (non-hydrogen) atoms. The maximum absolute atomic E-state index is 10.4. The summed E-state index contributed by atoms with van der Waals surface area (Å²) >= 11 is 0. The van der Waals surface area contributed by atoms with Crippen LogP contribution in [0.3, 0.4) is 0 Å². The van der Waals surface area contributed by atoms with Crippen molar-refractivity contribution in [1.29, 1.82) is 0 Å². The quantitative estimate of drug-likeness (QED) is 0.406. The van der Waals surface area contributed by atoms with E-state index < -0.39 is 18.5 Å². The summed E-state index contributed by atoms with van der Waals surface area (Å²) in [6.07, 6.45) is 1.56. The van der Waals surface area contributed by atoms with Gasteiger partial charge >= 0.3 is 0 Å². The molecule has 0 aromatic carbocycles. The lowest BCUT2D eigenvalue weighted by molar-refractivity contribution is 0.513. The molecule has 0 heterocycles. The van der Waals surface area contributed by atoms with E-state index in [0.717, 1.165) is 12.5 Å². The largest absolute Gasteiger partial charge is 0.757 e. The Morgan fingerprint density at radius 1 is 1.62 bits per heavy atom. The van der Waals surface area contributed by atoms with Gasteiger partial charge in [-0.2, -0.15) is 4.21 Å². The van der Waals surface area contributed by atoms with Gasteiger partial charge in [0.05, 0.1) is 10.1 Å². The summed E-state index contributed by atoms with van der Waals surface area (Å²) < 4.78 is 38.6. The summed E-state index contributed by atoms with van der Waals surface area (Å²) in [5.41, 5.74) is 0. The summed E-state index contributed by atoms with van der Waals surface area (Å²) in [5.74, 6) is 0. The van der Waals surface area contributed by atoms with Gasteiger partial charge in [-0.3, -0.25) is 8.76 Å². The average molecular weight is 159 g/mol. The Labute approximate surface area is 49.2 Å². The normalized spacial score (nSPS) is 21.2. The highest BCUT2D eigenvalue weighted by Gasteiger charge is 2.12. The molecule has 0 aliphatic rings. The molecule has 0 aromatic rings. The summed E-state index contributed by atoms with van der Waals surface area (Å²) in [5, 5.41) is 0. The minimum absolute atomic E-state index is 0.778. The van der Waals surface area contributed by atoms with E-state index >= 15 is 0 Å². The molecule has 0 fully saturated rings. The first kappa shape index (κ1) is 8.22. The molecule has 1 N–H and O–H groups in total. The van der Waals surface area contributed by atoms with Crippen LogP contribution >= 0.6 is 0 Å². The van der Waals surface area contributed by atoms with Crippen LogP contribution in [0.15, 0.2) is 0 Å². The van der Waals surface area contributed by atoms with Crippen molar-refractivity contribution in [2.24, 2.45) is 0 Å². The molecule has 0 radical (unpaired) electrons. The fraction of sp³-hybridized carbons (Fsp3) is 1.00. The molecule has 0 spiro atoms. The van der Waals surface area contributed by atoms with Crippen LogP contribution in [0.4, 0.5) is 0 Å². The van der Waals surface area contributed by atoms with E-state index in [1.165, 1.54) is 0 Å². The van der Waals surface area contributed by atoms with Crippen LogP contribution < -0.4 is 0 Å². The van der Waals surface area contributed by atoms with E-state index in [1.54, 1.807) is 0 Å². The van der Waals surface area contributed by atoms with Gasteiger partial charge < -0.3 is 4.55 Å². The first-order valence-corrected chi connectivity index (χ1v) is 6.00. The van der Waals surface area contributed by atoms with Gasteiger partial charge in [0.15, 0.2) is 0 Å². The van der Waals surface area contributed by atoms with E-state index in [9.17, 15) is 13.0 Å². The third-order valence-electron chi connectivity index (χ3n) is 0.389. The Morgan fingerprint density at radius 2 is 1.75 bits per heavy atom. The fourth-order valence-electron chi connectivity index (χ4n) is 0. The smallest absolute Gasteiger partial charge is 0.0548 e. The Hall–Kier alpha value is 0.220. The Bertz CT molecular complexity index is 165. The van der Waals surface area contributed by atoms with Gasteiger partial charge in [0.1, 0.15) is 0 Å². The molecule has 0 aromatic heterocycles. The van der Waals surface area contributed by atoms with Crippen molar-refractivity contribution in [2.45, 2.75) is 0 Å². The highest BCUT2D eigenvalue weighted by atomic mass is 33.2.